The van der Waals surface area contributed by atoms with Crippen molar-refractivity contribution in [1.82, 2.24) is 0 Å². The standard InChI is InChI=1S/C21H23N3O4/c25-21(23-11-3-6-15-5-1-2-8-20(15)23)18-13-16(24(26)27)9-10-19(18)22-14-17-7-4-12-28-17/h1-2,5,8-10,13,17,22H,3-4,6-7,11-12,14H2/t17-/m0/s1. The van der Waals surface area contributed by atoms with E-state index in [2.05, 4.69) is 5.32 Å². The first kappa shape index (κ1) is 18.4. The molecule has 1 fully saturated rings. The summed E-state index contributed by atoms with van der Waals surface area (Å²) >= 11 is 0. The number of carbonyl (C=O) groups excluding carboxylic acids is 1. The summed E-state index contributed by atoms with van der Waals surface area (Å²) < 4.78 is 5.63. The lowest BCUT2D eigenvalue weighted by Crippen LogP contribution is -2.36. The first-order valence-electron chi connectivity index (χ1n) is 9.67. The molecule has 0 radical (unpaired) electrons. The minimum Gasteiger partial charge on any atom is -0.382 e. The highest BCUT2D eigenvalue weighted by Gasteiger charge is 2.27. The fraction of sp³-hybridized carbons (Fsp3) is 0.381. The second kappa shape index (κ2) is 7.98. The van der Waals surface area contributed by atoms with Gasteiger partial charge < -0.3 is 15.0 Å². The van der Waals surface area contributed by atoms with E-state index in [0.717, 1.165) is 43.5 Å². The molecule has 0 aromatic heterocycles. The van der Waals surface area contributed by atoms with Crippen LogP contribution in [-0.4, -0.2) is 36.6 Å². The molecule has 2 heterocycles. The maximum atomic E-state index is 13.4. The topological polar surface area (TPSA) is 84.7 Å². The number of hydrogen-bond donors (Lipinski definition) is 1. The summed E-state index contributed by atoms with van der Waals surface area (Å²) in [4.78, 5) is 25.9. The highest BCUT2D eigenvalue weighted by Crippen LogP contribution is 2.31. The van der Waals surface area contributed by atoms with Gasteiger partial charge in [0.05, 0.1) is 16.6 Å². The number of aryl methyl sites for hydroxylation is 1. The Morgan fingerprint density at radius 2 is 2.11 bits per heavy atom. The summed E-state index contributed by atoms with van der Waals surface area (Å²) in [5.41, 5.74) is 2.85. The van der Waals surface area contributed by atoms with Crippen molar-refractivity contribution in [1.29, 1.82) is 0 Å². The Morgan fingerprint density at radius 1 is 1.25 bits per heavy atom. The molecular formula is C21H23N3O4. The summed E-state index contributed by atoms with van der Waals surface area (Å²) in [7, 11) is 0. The van der Waals surface area contributed by atoms with E-state index < -0.39 is 4.92 Å². The number of non-ortho nitro benzene ring substituents is 1. The molecule has 0 bridgehead atoms. The average Bonchev–Trinajstić information content (AvgIpc) is 3.25. The van der Waals surface area contributed by atoms with Crippen LogP contribution in [0, 0.1) is 10.1 Å². The lowest BCUT2D eigenvalue weighted by atomic mass is 10.0. The molecule has 4 rings (SSSR count). The van der Waals surface area contributed by atoms with Crippen LogP contribution >= 0.6 is 0 Å². The van der Waals surface area contributed by atoms with Crippen molar-refractivity contribution in [3.05, 3.63) is 63.7 Å². The van der Waals surface area contributed by atoms with Crippen LogP contribution in [0.5, 0.6) is 0 Å². The van der Waals surface area contributed by atoms with Gasteiger partial charge in [0.25, 0.3) is 11.6 Å². The number of fused-ring (bicyclic) bond motifs is 1. The zero-order valence-corrected chi connectivity index (χ0v) is 15.6. The van der Waals surface area contributed by atoms with Crippen LogP contribution in [0.15, 0.2) is 42.5 Å². The molecule has 1 atom stereocenters. The Labute approximate surface area is 163 Å². The van der Waals surface area contributed by atoms with Crippen LogP contribution in [0.2, 0.25) is 0 Å². The van der Waals surface area contributed by atoms with Gasteiger partial charge in [-0.1, -0.05) is 18.2 Å². The molecular weight excluding hydrogens is 358 g/mol. The van der Waals surface area contributed by atoms with Gasteiger partial charge in [0.2, 0.25) is 0 Å². The summed E-state index contributed by atoms with van der Waals surface area (Å²) in [6.07, 6.45) is 3.91. The van der Waals surface area contributed by atoms with Crippen molar-refractivity contribution < 1.29 is 14.5 Å². The lowest BCUT2D eigenvalue weighted by Gasteiger charge is -2.30. The number of benzene rings is 2. The minimum absolute atomic E-state index is 0.0867. The Bertz CT molecular complexity index is 893. The molecule has 1 N–H and O–H groups in total. The van der Waals surface area contributed by atoms with E-state index in [0.29, 0.717) is 24.3 Å². The Balaban J connectivity index is 1.65. The third-order valence-electron chi connectivity index (χ3n) is 5.34. The number of para-hydroxylation sites is 1. The van der Waals surface area contributed by atoms with Crippen LogP contribution in [0.1, 0.15) is 35.2 Å². The molecule has 2 aromatic carbocycles. The molecule has 2 aliphatic heterocycles. The molecule has 2 aliphatic rings. The zero-order valence-electron chi connectivity index (χ0n) is 15.6. The van der Waals surface area contributed by atoms with Crippen molar-refractivity contribution in [3.8, 4) is 0 Å². The largest absolute Gasteiger partial charge is 0.382 e. The third kappa shape index (κ3) is 3.71. The van der Waals surface area contributed by atoms with E-state index in [9.17, 15) is 14.9 Å². The number of rotatable bonds is 5. The SMILES string of the molecule is O=C(c1cc([N+](=O)[O-])ccc1NC[C@@H]1CCCO1)N1CCCc2ccccc21. The summed E-state index contributed by atoms with van der Waals surface area (Å²) in [5.74, 6) is -0.217. The van der Waals surface area contributed by atoms with Crippen molar-refractivity contribution in [2.75, 3.05) is 29.9 Å². The van der Waals surface area contributed by atoms with Crippen molar-refractivity contribution >= 4 is 23.0 Å². The van der Waals surface area contributed by atoms with E-state index in [1.54, 1.807) is 11.0 Å². The molecule has 7 nitrogen and oxygen atoms in total. The number of amides is 1. The summed E-state index contributed by atoms with van der Waals surface area (Å²) in [6, 6.07) is 12.3. The maximum Gasteiger partial charge on any atom is 0.270 e. The fourth-order valence-electron chi connectivity index (χ4n) is 3.90. The quantitative estimate of drug-likeness (QED) is 0.629. The average molecular weight is 381 g/mol. The van der Waals surface area contributed by atoms with Gasteiger partial charge in [-0.05, 0) is 43.4 Å². The zero-order chi connectivity index (χ0) is 19.5. The second-order valence-electron chi connectivity index (χ2n) is 7.19. The molecule has 0 unspecified atom stereocenters. The van der Waals surface area contributed by atoms with E-state index in [1.165, 1.54) is 12.1 Å². The number of carbonyl (C=O) groups is 1. The molecule has 0 aliphatic carbocycles. The summed E-state index contributed by atoms with van der Waals surface area (Å²) in [6.45, 7) is 1.93. The molecule has 146 valence electrons. The number of ether oxygens (including phenoxy) is 1. The molecule has 0 saturated carbocycles. The van der Waals surface area contributed by atoms with Gasteiger partial charge in [0.1, 0.15) is 0 Å². The molecule has 1 saturated heterocycles. The number of nitro benzene ring substituents is 1. The Kier molecular flexibility index (Phi) is 5.25. The monoisotopic (exact) mass is 381 g/mol. The van der Waals surface area contributed by atoms with E-state index in [4.69, 9.17) is 4.74 Å². The summed E-state index contributed by atoms with van der Waals surface area (Å²) in [5, 5.41) is 14.5. The number of anilines is 2. The van der Waals surface area contributed by atoms with Crippen LogP contribution in [-0.2, 0) is 11.2 Å². The van der Waals surface area contributed by atoms with Crippen LogP contribution in [0.3, 0.4) is 0 Å². The van der Waals surface area contributed by atoms with Gasteiger partial charge in [-0.25, -0.2) is 0 Å². The number of hydrogen-bond acceptors (Lipinski definition) is 5. The molecule has 28 heavy (non-hydrogen) atoms. The van der Waals surface area contributed by atoms with Crippen LogP contribution in [0.25, 0.3) is 0 Å². The van der Waals surface area contributed by atoms with E-state index >= 15 is 0 Å². The molecule has 2 aromatic rings. The van der Waals surface area contributed by atoms with Gasteiger partial charge in [-0.3, -0.25) is 14.9 Å². The highest BCUT2D eigenvalue weighted by molar-refractivity contribution is 6.10. The Hall–Kier alpha value is -2.93. The maximum absolute atomic E-state index is 13.4. The van der Waals surface area contributed by atoms with Gasteiger partial charge in [0, 0.05) is 43.2 Å². The second-order valence-corrected chi connectivity index (χ2v) is 7.19. The van der Waals surface area contributed by atoms with Crippen molar-refractivity contribution in [2.45, 2.75) is 31.8 Å². The Morgan fingerprint density at radius 3 is 2.89 bits per heavy atom. The van der Waals surface area contributed by atoms with Gasteiger partial charge in [-0.2, -0.15) is 0 Å². The number of nitro groups is 1. The highest BCUT2D eigenvalue weighted by atomic mass is 16.6. The fourth-order valence-corrected chi connectivity index (χ4v) is 3.90. The first-order chi connectivity index (χ1) is 13.6. The van der Waals surface area contributed by atoms with Gasteiger partial charge in [0.15, 0.2) is 0 Å². The molecule has 1 amide bonds. The van der Waals surface area contributed by atoms with Gasteiger partial charge >= 0.3 is 0 Å². The molecule has 7 heteroatoms. The van der Waals surface area contributed by atoms with Crippen molar-refractivity contribution in [3.63, 3.8) is 0 Å². The predicted molar refractivity (Wildman–Crippen MR) is 107 cm³/mol. The van der Waals surface area contributed by atoms with Crippen LogP contribution < -0.4 is 10.2 Å². The normalized spacial score (nSPS) is 18.6. The predicted octanol–water partition coefficient (Wildman–Crippen LogP) is 3.78. The third-order valence-corrected chi connectivity index (χ3v) is 5.34. The lowest BCUT2D eigenvalue weighted by molar-refractivity contribution is -0.384. The minimum atomic E-state index is -0.467. The first-order valence-corrected chi connectivity index (χ1v) is 9.67. The smallest absolute Gasteiger partial charge is 0.270 e. The molecule has 0 spiro atoms. The number of nitrogens with one attached hydrogen (secondary N) is 1. The van der Waals surface area contributed by atoms with Gasteiger partial charge in [-0.15, -0.1) is 0 Å². The van der Waals surface area contributed by atoms with Crippen molar-refractivity contribution in [2.24, 2.45) is 0 Å². The van der Waals surface area contributed by atoms with E-state index in [-0.39, 0.29) is 17.7 Å². The van der Waals surface area contributed by atoms with Crippen LogP contribution in [0.4, 0.5) is 17.1 Å². The van der Waals surface area contributed by atoms with E-state index in [1.807, 2.05) is 24.3 Å². The number of nitrogens with zero attached hydrogens (tertiary/aromatic N) is 2.